The molecule has 0 saturated heterocycles. The molecule has 1 heterocycles. The molecule has 2 N–H and O–H groups in total. The molecule has 0 aliphatic rings. The topological polar surface area (TPSA) is 67.2 Å². The van der Waals surface area contributed by atoms with Crippen LogP contribution in [0.4, 0.5) is 5.69 Å². The number of nitrogens with zero attached hydrogens (tertiary/aromatic N) is 1. The van der Waals surface area contributed by atoms with Gasteiger partial charge in [0, 0.05) is 17.7 Å². The summed E-state index contributed by atoms with van der Waals surface area (Å²) in [4.78, 5) is 17.0. The molecule has 1 amide bonds. The van der Waals surface area contributed by atoms with Crippen molar-refractivity contribution in [2.45, 2.75) is 33.1 Å². The molecule has 4 aromatic rings. The first-order chi connectivity index (χ1) is 15.4. The van der Waals surface area contributed by atoms with Crippen LogP contribution < -0.4 is 10.6 Å². The third kappa shape index (κ3) is 5.21. The quantitative estimate of drug-likeness (QED) is 0.372. The molecule has 32 heavy (non-hydrogen) atoms. The summed E-state index contributed by atoms with van der Waals surface area (Å²) >= 11 is 5.30. The Labute approximate surface area is 192 Å². The van der Waals surface area contributed by atoms with Crippen LogP contribution in [0.25, 0.3) is 11.1 Å². The Bertz CT molecular complexity index is 1260. The van der Waals surface area contributed by atoms with Gasteiger partial charge in [-0.25, -0.2) is 4.98 Å². The second-order valence-electron chi connectivity index (χ2n) is 8.14. The molecule has 0 fully saturated rings. The van der Waals surface area contributed by atoms with Crippen LogP contribution in [0.15, 0.2) is 71.1 Å². The number of aryl methyl sites for hydroxylation is 1. The van der Waals surface area contributed by atoms with Gasteiger partial charge in [0.25, 0.3) is 5.91 Å². The minimum atomic E-state index is -0.236. The number of carbonyl (C=O) groups excluding carboxylic acids is 1. The second kappa shape index (κ2) is 9.32. The van der Waals surface area contributed by atoms with Gasteiger partial charge in [-0.1, -0.05) is 44.2 Å². The van der Waals surface area contributed by atoms with Gasteiger partial charge in [0.1, 0.15) is 5.52 Å². The summed E-state index contributed by atoms with van der Waals surface area (Å²) in [6, 6.07) is 21.3. The Morgan fingerprint density at radius 3 is 2.44 bits per heavy atom. The number of hydrogen-bond acceptors (Lipinski definition) is 4. The molecule has 0 bridgehead atoms. The summed E-state index contributed by atoms with van der Waals surface area (Å²) in [7, 11) is 0. The van der Waals surface area contributed by atoms with E-state index in [1.165, 1.54) is 5.56 Å². The monoisotopic (exact) mass is 443 g/mol. The zero-order valence-electron chi connectivity index (χ0n) is 18.3. The Morgan fingerprint density at radius 1 is 1.03 bits per heavy atom. The maximum atomic E-state index is 12.4. The highest BCUT2D eigenvalue weighted by molar-refractivity contribution is 7.80. The number of oxazole rings is 1. The van der Waals surface area contributed by atoms with Gasteiger partial charge in [0.2, 0.25) is 0 Å². The number of aromatic nitrogens is 1. The van der Waals surface area contributed by atoms with Gasteiger partial charge in [-0.2, -0.15) is 0 Å². The van der Waals surface area contributed by atoms with E-state index in [0.29, 0.717) is 23.8 Å². The molecule has 6 heteroatoms. The Kier molecular flexibility index (Phi) is 6.32. The molecule has 0 spiro atoms. The predicted octanol–water partition coefficient (Wildman–Crippen LogP) is 5.98. The van der Waals surface area contributed by atoms with E-state index < -0.39 is 0 Å². The lowest BCUT2D eigenvalue weighted by Gasteiger charge is -2.11. The minimum Gasteiger partial charge on any atom is -0.440 e. The lowest BCUT2D eigenvalue weighted by molar-refractivity contribution is 0.0977. The van der Waals surface area contributed by atoms with E-state index in [2.05, 4.69) is 29.5 Å². The standard InChI is InChI=1S/C26H25N3O2S/c1-16(2)19-7-9-20(10-8-19)25(30)29-26(32)27-21-11-5-18(6-12-21)15-24-28-22-14-17(3)4-13-23(22)31-24/h4-14,16H,15H2,1-3H3,(H2,27,29,30,32). The van der Waals surface area contributed by atoms with E-state index >= 15 is 0 Å². The first-order valence-electron chi connectivity index (χ1n) is 10.5. The zero-order valence-corrected chi connectivity index (χ0v) is 19.1. The number of carbonyl (C=O) groups is 1. The van der Waals surface area contributed by atoms with Crippen LogP contribution in [-0.4, -0.2) is 16.0 Å². The molecular formula is C26H25N3O2S. The van der Waals surface area contributed by atoms with Crippen LogP contribution in [0.1, 0.15) is 52.7 Å². The smallest absolute Gasteiger partial charge is 0.257 e. The van der Waals surface area contributed by atoms with E-state index in [9.17, 15) is 4.79 Å². The highest BCUT2D eigenvalue weighted by Gasteiger charge is 2.10. The van der Waals surface area contributed by atoms with Gasteiger partial charge in [-0.05, 0) is 78.1 Å². The van der Waals surface area contributed by atoms with Crippen LogP contribution in [0, 0.1) is 6.92 Å². The highest BCUT2D eigenvalue weighted by Crippen LogP contribution is 2.20. The largest absolute Gasteiger partial charge is 0.440 e. The molecule has 0 aliphatic heterocycles. The molecule has 4 rings (SSSR count). The molecule has 0 radical (unpaired) electrons. The van der Waals surface area contributed by atoms with E-state index in [4.69, 9.17) is 16.6 Å². The van der Waals surface area contributed by atoms with Gasteiger partial charge < -0.3 is 9.73 Å². The van der Waals surface area contributed by atoms with Gasteiger partial charge in [0.15, 0.2) is 16.6 Å². The summed E-state index contributed by atoms with van der Waals surface area (Å²) in [5.74, 6) is 0.864. The first-order valence-corrected chi connectivity index (χ1v) is 11.0. The summed E-state index contributed by atoms with van der Waals surface area (Å²) in [6.07, 6.45) is 0.599. The van der Waals surface area contributed by atoms with Gasteiger partial charge >= 0.3 is 0 Å². The number of nitrogens with one attached hydrogen (secondary N) is 2. The van der Waals surface area contributed by atoms with E-state index in [0.717, 1.165) is 27.9 Å². The van der Waals surface area contributed by atoms with Crippen LogP contribution >= 0.6 is 12.2 Å². The fourth-order valence-electron chi connectivity index (χ4n) is 3.40. The third-order valence-electron chi connectivity index (χ3n) is 5.22. The number of hydrogen-bond donors (Lipinski definition) is 2. The minimum absolute atomic E-state index is 0.236. The fraction of sp³-hybridized carbons (Fsp3) is 0.192. The van der Waals surface area contributed by atoms with Crippen molar-refractivity contribution in [3.8, 4) is 0 Å². The molecule has 0 aliphatic carbocycles. The number of amides is 1. The summed E-state index contributed by atoms with van der Waals surface area (Å²) in [6.45, 7) is 6.27. The van der Waals surface area contributed by atoms with Crippen molar-refractivity contribution in [2.24, 2.45) is 0 Å². The Morgan fingerprint density at radius 2 is 1.75 bits per heavy atom. The average Bonchev–Trinajstić information content (AvgIpc) is 3.16. The number of rotatable bonds is 5. The van der Waals surface area contributed by atoms with Crippen molar-refractivity contribution in [2.75, 3.05) is 5.32 Å². The fourth-order valence-corrected chi connectivity index (χ4v) is 3.61. The number of anilines is 1. The molecule has 0 unspecified atom stereocenters. The Balaban J connectivity index is 1.34. The van der Waals surface area contributed by atoms with Gasteiger partial charge in [-0.3, -0.25) is 10.1 Å². The van der Waals surface area contributed by atoms with Crippen molar-refractivity contribution in [1.29, 1.82) is 0 Å². The summed E-state index contributed by atoms with van der Waals surface area (Å²) in [5.41, 5.74) is 6.45. The van der Waals surface area contributed by atoms with E-state index in [1.54, 1.807) is 0 Å². The highest BCUT2D eigenvalue weighted by atomic mass is 32.1. The molecule has 0 atom stereocenters. The third-order valence-corrected chi connectivity index (χ3v) is 5.43. The summed E-state index contributed by atoms with van der Waals surface area (Å²) < 4.78 is 5.83. The van der Waals surface area contributed by atoms with Crippen molar-refractivity contribution in [3.05, 3.63) is 94.9 Å². The average molecular weight is 444 g/mol. The van der Waals surface area contributed by atoms with Crippen LogP contribution in [-0.2, 0) is 6.42 Å². The van der Waals surface area contributed by atoms with Gasteiger partial charge in [-0.15, -0.1) is 0 Å². The van der Waals surface area contributed by atoms with Crippen molar-refractivity contribution in [1.82, 2.24) is 10.3 Å². The van der Waals surface area contributed by atoms with Crippen LogP contribution in [0.2, 0.25) is 0 Å². The summed E-state index contributed by atoms with van der Waals surface area (Å²) in [5, 5.41) is 6.03. The van der Waals surface area contributed by atoms with Gasteiger partial charge in [0.05, 0.1) is 0 Å². The van der Waals surface area contributed by atoms with E-state index in [1.807, 2.05) is 73.7 Å². The number of thiocarbonyl (C=S) groups is 1. The SMILES string of the molecule is Cc1ccc2oc(Cc3ccc(NC(=S)NC(=O)c4ccc(C(C)C)cc4)cc3)nc2c1. The van der Waals surface area contributed by atoms with Crippen molar-refractivity contribution in [3.63, 3.8) is 0 Å². The normalized spacial score (nSPS) is 11.0. The maximum Gasteiger partial charge on any atom is 0.257 e. The van der Waals surface area contributed by atoms with Crippen molar-refractivity contribution < 1.29 is 9.21 Å². The molecule has 0 saturated carbocycles. The number of benzene rings is 3. The second-order valence-corrected chi connectivity index (χ2v) is 8.55. The van der Waals surface area contributed by atoms with Crippen LogP contribution in [0.3, 0.4) is 0 Å². The molecular weight excluding hydrogens is 418 g/mol. The van der Waals surface area contributed by atoms with Crippen molar-refractivity contribution >= 4 is 40.0 Å². The van der Waals surface area contributed by atoms with E-state index in [-0.39, 0.29) is 11.0 Å². The molecule has 1 aromatic heterocycles. The lowest BCUT2D eigenvalue weighted by Crippen LogP contribution is -2.34. The number of fused-ring (bicyclic) bond motifs is 1. The zero-order chi connectivity index (χ0) is 22.7. The first kappa shape index (κ1) is 21.7. The maximum absolute atomic E-state index is 12.4. The Hall–Kier alpha value is -3.51. The van der Waals surface area contributed by atoms with Crippen LogP contribution in [0.5, 0.6) is 0 Å². The molecule has 3 aromatic carbocycles. The molecule has 5 nitrogen and oxygen atoms in total. The predicted molar refractivity (Wildman–Crippen MR) is 132 cm³/mol. The molecule has 162 valence electrons. The lowest BCUT2D eigenvalue weighted by atomic mass is 10.0.